The Morgan fingerprint density at radius 3 is 2.76 bits per heavy atom. The zero-order valence-corrected chi connectivity index (χ0v) is 12.6. The molecule has 1 amide bonds. The Kier molecular flexibility index (Phi) is 4.99. The van der Waals surface area contributed by atoms with Crippen molar-refractivity contribution in [3.8, 4) is 5.75 Å². The van der Waals surface area contributed by atoms with Crippen molar-refractivity contribution in [2.24, 2.45) is 0 Å². The maximum Gasteiger partial charge on any atom is 0.237 e. The van der Waals surface area contributed by atoms with E-state index in [1.807, 2.05) is 0 Å². The molecule has 0 aliphatic heterocycles. The van der Waals surface area contributed by atoms with Crippen molar-refractivity contribution in [3.63, 3.8) is 0 Å². The lowest BCUT2D eigenvalue weighted by Gasteiger charge is -2.13. The zero-order valence-electron chi connectivity index (χ0n) is 11.7. The number of thioether (sulfide) groups is 1. The van der Waals surface area contributed by atoms with Crippen molar-refractivity contribution < 1.29 is 9.53 Å². The van der Waals surface area contributed by atoms with Crippen molar-refractivity contribution in [2.45, 2.75) is 17.3 Å². The van der Waals surface area contributed by atoms with Crippen LogP contribution in [0.1, 0.15) is 6.92 Å². The summed E-state index contributed by atoms with van der Waals surface area (Å²) in [5.41, 5.74) is 6.84. The van der Waals surface area contributed by atoms with Gasteiger partial charge in [0.25, 0.3) is 0 Å². The largest absolute Gasteiger partial charge is 0.494 e. The van der Waals surface area contributed by atoms with E-state index >= 15 is 0 Å². The molecule has 0 bridgehead atoms. The number of nitrogens with two attached hydrogens (primary N) is 1. The van der Waals surface area contributed by atoms with Gasteiger partial charge >= 0.3 is 0 Å². The molecule has 1 heterocycles. The molecular formula is C14H16N4O2S. The number of amides is 1. The monoisotopic (exact) mass is 304 g/mol. The Morgan fingerprint density at radius 2 is 2.10 bits per heavy atom. The number of aromatic nitrogens is 2. The van der Waals surface area contributed by atoms with Crippen LogP contribution in [0.2, 0.25) is 0 Å². The van der Waals surface area contributed by atoms with Gasteiger partial charge in [0, 0.05) is 24.1 Å². The number of hydrogen-bond acceptors (Lipinski definition) is 6. The third kappa shape index (κ3) is 4.09. The molecule has 1 unspecified atom stereocenters. The van der Waals surface area contributed by atoms with Crippen molar-refractivity contribution in [2.75, 3.05) is 18.2 Å². The first-order valence-electron chi connectivity index (χ1n) is 6.28. The lowest BCUT2D eigenvalue weighted by molar-refractivity contribution is -0.115. The van der Waals surface area contributed by atoms with Crippen LogP contribution in [0.15, 0.2) is 41.8 Å². The number of ether oxygens (including phenoxy) is 1. The van der Waals surface area contributed by atoms with Crippen LogP contribution in [0.4, 0.5) is 11.4 Å². The molecule has 110 valence electrons. The normalized spacial score (nSPS) is 11.7. The average molecular weight is 304 g/mol. The molecule has 0 spiro atoms. The van der Waals surface area contributed by atoms with Crippen molar-refractivity contribution in [1.29, 1.82) is 0 Å². The number of carbonyl (C=O) groups is 1. The van der Waals surface area contributed by atoms with Crippen molar-refractivity contribution >= 4 is 29.0 Å². The first-order chi connectivity index (χ1) is 10.1. The predicted molar refractivity (Wildman–Crippen MR) is 83.4 cm³/mol. The van der Waals surface area contributed by atoms with Crippen LogP contribution in [0.3, 0.4) is 0 Å². The molecule has 1 aromatic heterocycles. The van der Waals surface area contributed by atoms with Gasteiger partial charge in [-0.2, -0.15) is 0 Å². The molecule has 21 heavy (non-hydrogen) atoms. The summed E-state index contributed by atoms with van der Waals surface area (Å²) in [6.45, 7) is 1.79. The standard InChI is InChI=1S/C14H16N4O2S/c1-9(21-14-16-6-3-7-17-14)13(19)18-11-5-4-10(15)8-12(11)20-2/h3-9H,15H2,1-2H3,(H,18,19). The van der Waals surface area contributed by atoms with Crippen LogP contribution in [-0.4, -0.2) is 28.2 Å². The highest BCUT2D eigenvalue weighted by molar-refractivity contribution is 8.00. The first-order valence-corrected chi connectivity index (χ1v) is 7.16. The fourth-order valence-corrected chi connectivity index (χ4v) is 2.33. The molecule has 0 saturated heterocycles. The van der Waals surface area contributed by atoms with Crippen molar-refractivity contribution in [3.05, 3.63) is 36.7 Å². The highest BCUT2D eigenvalue weighted by Crippen LogP contribution is 2.28. The molecule has 0 radical (unpaired) electrons. The van der Waals surface area contributed by atoms with Gasteiger partial charge in [0.15, 0.2) is 5.16 Å². The van der Waals surface area contributed by atoms with Gasteiger partial charge in [0.2, 0.25) is 5.91 Å². The van der Waals surface area contributed by atoms with Gasteiger partial charge in [-0.25, -0.2) is 9.97 Å². The molecule has 0 aliphatic carbocycles. The average Bonchev–Trinajstić information content (AvgIpc) is 2.49. The van der Waals surface area contributed by atoms with Crippen LogP contribution in [0.5, 0.6) is 5.75 Å². The zero-order chi connectivity index (χ0) is 15.2. The summed E-state index contributed by atoms with van der Waals surface area (Å²) in [5.74, 6) is 0.368. The summed E-state index contributed by atoms with van der Waals surface area (Å²) in [6.07, 6.45) is 3.28. The molecule has 2 rings (SSSR count). The van der Waals surface area contributed by atoms with Crippen molar-refractivity contribution in [1.82, 2.24) is 9.97 Å². The summed E-state index contributed by atoms with van der Waals surface area (Å²) < 4.78 is 5.20. The van der Waals surface area contributed by atoms with Crippen LogP contribution in [0.25, 0.3) is 0 Å². The summed E-state index contributed by atoms with van der Waals surface area (Å²) in [5, 5.41) is 3.03. The highest BCUT2D eigenvalue weighted by Gasteiger charge is 2.17. The summed E-state index contributed by atoms with van der Waals surface area (Å²) >= 11 is 1.29. The molecule has 0 aliphatic rings. The van der Waals surface area contributed by atoms with Gasteiger partial charge in [0.05, 0.1) is 18.0 Å². The van der Waals surface area contributed by atoms with E-state index in [0.29, 0.717) is 22.3 Å². The van der Waals surface area contributed by atoms with Crippen LogP contribution in [-0.2, 0) is 4.79 Å². The second kappa shape index (κ2) is 6.94. The van der Waals surface area contributed by atoms with Crippen LogP contribution < -0.4 is 15.8 Å². The van der Waals surface area contributed by atoms with E-state index in [-0.39, 0.29) is 11.2 Å². The summed E-state index contributed by atoms with van der Waals surface area (Å²) in [6, 6.07) is 6.81. The Balaban J connectivity index is 2.04. The number of methoxy groups -OCH3 is 1. The topological polar surface area (TPSA) is 90.1 Å². The maximum absolute atomic E-state index is 12.2. The fourth-order valence-electron chi connectivity index (χ4n) is 1.60. The van der Waals surface area contributed by atoms with Gasteiger partial charge in [-0.05, 0) is 25.1 Å². The predicted octanol–water partition coefficient (Wildman–Crippen LogP) is 2.19. The lowest BCUT2D eigenvalue weighted by Crippen LogP contribution is -2.23. The Bertz CT molecular complexity index is 622. The van der Waals surface area contributed by atoms with E-state index in [1.165, 1.54) is 18.9 Å². The SMILES string of the molecule is COc1cc(N)ccc1NC(=O)C(C)Sc1ncccn1. The quantitative estimate of drug-likeness (QED) is 0.500. The Labute approximate surface area is 127 Å². The third-order valence-electron chi connectivity index (χ3n) is 2.68. The number of anilines is 2. The number of nitrogens with zero attached hydrogens (tertiary/aromatic N) is 2. The van der Waals surface area contributed by atoms with Gasteiger partial charge in [-0.3, -0.25) is 4.79 Å². The lowest BCUT2D eigenvalue weighted by atomic mass is 10.2. The van der Waals surface area contributed by atoms with E-state index in [2.05, 4.69) is 15.3 Å². The molecule has 3 N–H and O–H groups in total. The number of nitrogen functional groups attached to an aromatic ring is 1. The first kappa shape index (κ1) is 15.1. The minimum Gasteiger partial charge on any atom is -0.494 e. The number of hydrogen-bond donors (Lipinski definition) is 2. The highest BCUT2D eigenvalue weighted by atomic mass is 32.2. The van der Waals surface area contributed by atoms with E-state index < -0.39 is 0 Å². The molecular weight excluding hydrogens is 288 g/mol. The minimum absolute atomic E-state index is 0.157. The number of carbonyl (C=O) groups excluding carboxylic acids is 1. The molecule has 7 heteroatoms. The van der Waals surface area contributed by atoms with E-state index in [0.717, 1.165) is 0 Å². The molecule has 0 saturated carbocycles. The number of rotatable bonds is 5. The third-order valence-corrected chi connectivity index (χ3v) is 3.67. The second-order valence-corrected chi connectivity index (χ2v) is 5.55. The minimum atomic E-state index is -0.338. The van der Waals surface area contributed by atoms with Gasteiger partial charge in [-0.1, -0.05) is 11.8 Å². The van der Waals surface area contributed by atoms with E-state index in [4.69, 9.17) is 10.5 Å². The van der Waals surface area contributed by atoms with E-state index in [1.54, 1.807) is 43.6 Å². The second-order valence-electron chi connectivity index (χ2n) is 4.24. The number of nitrogens with one attached hydrogen (secondary N) is 1. The smallest absolute Gasteiger partial charge is 0.237 e. The molecule has 1 aromatic carbocycles. The van der Waals surface area contributed by atoms with Crippen LogP contribution in [0, 0.1) is 0 Å². The van der Waals surface area contributed by atoms with Gasteiger partial charge < -0.3 is 15.8 Å². The summed E-state index contributed by atoms with van der Waals surface area (Å²) in [4.78, 5) is 20.4. The number of benzene rings is 1. The summed E-state index contributed by atoms with van der Waals surface area (Å²) in [7, 11) is 1.53. The van der Waals surface area contributed by atoms with Crippen LogP contribution >= 0.6 is 11.8 Å². The Morgan fingerprint density at radius 1 is 1.38 bits per heavy atom. The van der Waals surface area contributed by atoms with Gasteiger partial charge in [-0.15, -0.1) is 0 Å². The Hall–Kier alpha value is -2.28. The molecule has 2 aromatic rings. The van der Waals surface area contributed by atoms with E-state index in [9.17, 15) is 4.79 Å². The molecule has 0 fully saturated rings. The molecule has 1 atom stereocenters. The fraction of sp³-hybridized carbons (Fsp3) is 0.214. The van der Waals surface area contributed by atoms with Gasteiger partial charge in [0.1, 0.15) is 5.75 Å². The maximum atomic E-state index is 12.2. The molecule has 6 nitrogen and oxygen atoms in total.